The minimum absolute atomic E-state index is 0.0792. The second-order valence-electron chi connectivity index (χ2n) is 7.30. The lowest BCUT2D eigenvalue weighted by molar-refractivity contribution is -0.131. The number of aromatic nitrogens is 3. The van der Waals surface area contributed by atoms with E-state index < -0.39 is 0 Å². The summed E-state index contributed by atoms with van der Waals surface area (Å²) in [6.07, 6.45) is 3.35. The molecule has 0 N–H and O–H groups in total. The van der Waals surface area contributed by atoms with Gasteiger partial charge in [-0.25, -0.2) is 4.68 Å². The molecule has 2 heterocycles. The summed E-state index contributed by atoms with van der Waals surface area (Å²) in [6, 6.07) is 17.7. The molecule has 6 nitrogen and oxygen atoms in total. The normalized spacial score (nSPS) is 17.4. The maximum absolute atomic E-state index is 12.7. The van der Waals surface area contributed by atoms with Crippen molar-refractivity contribution >= 4 is 16.8 Å². The Labute approximate surface area is 163 Å². The Balaban J connectivity index is 1.38. The zero-order valence-corrected chi connectivity index (χ0v) is 15.8. The van der Waals surface area contributed by atoms with E-state index in [2.05, 4.69) is 34.6 Å². The molecule has 0 saturated carbocycles. The molecule has 144 valence electrons. The van der Waals surface area contributed by atoms with E-state index in [0.717, 1.165) is 32.4 Å². The lowest BCUT2D eigenvalue weighted by Crippen LogP contribution is -2.34. The molecule has 1 aliphatic heterocycles. The van der Waals surface area contributed by atoms with Gasteiger partial charge in [0.2, 0.25) is 5.91 Å². The zero-order chi connectivity index (χ0) is 19.3. The number of fused-ring (bicyclic) bond motifs is 1. The summed E-state index contributed by atoms with van der Waals surface area (Å²) in [5.74, 6) is 0.587. The second kappa shape index (κ2) is 8.33. The van der Waals surface area contributed by atoms with Crippen LogP contribution in [0.1, 0.15) is 37.2 Å². The van der Waals surface area contributed by atoms with Crippen molar-refractivity contribution in [2.75, 3.05) is 13.1 Å². The Bertz CT molecular complexity index is 1020. The van der Waals surface area contributed by atoms with Crippen LogP contribution >= 0.6 is 0 Å². The fourth-order valence-electron chi connectivity index (χ4n) is 3.93. The molecule has 6 heteroatoms. The molecule has 0 bridgehead atoms. The molecule has 28 heavy (non-hydrogen) atoms. The van der Waals surface area contributed by atoms with Crippen LogP contribution in [-0.4, -0.2) is 38.9 Å². The number of carbonyl (C=O) groups excluding carboxylic acids is 1. The molecule has 1 atom stereocenters. The van der Waals surface area contributed by atoms with Gasteiger partial charge in [-0.3, -0.25) is 9.59 Å². The number of rotatable bonds is 4. The van der Waals surface area contributed by atoms with Crippen LogP contribution in [-0.2, 0) is 11.3 Å². The maximum atomic E-state index is 12.7. The smallest absolute Gasteiger partial charge is 0.277 e. The van der Waals surface area contributed by atoms with Crippen LogP contribution in [0.25, 0.3) is 10.9 Å². The average Bonchev–Trinajstić information content (AvgIpc) is 3.00. The lowest BCUT2D eigenvalue weighted by atomic mass is 9.92. The second-order valence-corrected chi connectivity index (χ2v) is 7.30. The van der Waals surface area contributed by atoms with Gasteiger partial charge in [0.05, 0.1) is 11.9 Å². The summed E-state index contributed by atoms with van der Waals surface area (Å²) in [4.78, 5) is 27.1. The largest absolute Gasteiger partial charge is 0.343 e. The standard InChI is InChI=1S/C22H24N4O2/c27-21(13-16-26-22(28)19-10-4-5-11-20(19)23-24-26)25-14-6-9-18(12-15-25)17-7-2-1-3-8-17/h1-5,7-8,10-11,18H,6,9,12-16H2/t18-/m1/s1. The molecule has 2 aromatic carbocycles. The van der Waals surface area contributed by atoms with Gasteiger partial charge >= 0.3 is 0 Å². The number of carbonyl (C=O) groups is 1. The Hall–Kier alpha value is -3.02. The van der Waals surface area contributed by atoms with Crippen molar-refractivity contribution in [3.05, 3.63) is 70.5 Å². The number of likely N-dealkylation sites (tertiary alicyclic amines) is 1. The quantitative estimate of drug-likeness (QED) is 0.702. The minimum atomic E-state index is -0.196. The molecule has 1 fully saturated rings. The number of hydrogen-bond acceptors (Lipinski definition) is 4. The van der Waals surface area contributed by atoms with Crippen LogP contribution in [0.4, 0.5) is 0 Å². The van der Waals surface area contributed by atoms with Gasteiger partial charge in [-0.05, 0) is 42.9 Å². The van der Waals surface area contributed by atoms with Crippen molar-refractivity contribution in [3.63, 3.8) is 0 Å². The first-order valence-electron chi connectivity index (χ1n) is 9.87. The number of nitrogens with zero attached hydrogens (tertiary/aromatic N) is 4. The summed E-state index contributed by atoms with van der Waals surface area (Å²) in [7, 11) is 0. The fourth-order valence-corrected chi connectivity index (χ4v) is 3.93. The van der Waals surface area contributed by atoms with E-state index in [4.69, 9.17) is 0 Å². The molecule has 1 aliphatic rings. The highest BCUT2D eigenvalue weighted by Gasteiger charge is 2.21. The van der Waals surface area contributed by atoms with Gasteiger partial charge in [-0.1, -0.05) is 47.7 Å². The van der Waals surface area contributed by atoms with Crippen molar-refractivity contribution < 1.29 is 4.79 Å². The first kappa shape index (κ1) is 18.3. The van der Waals surface area contributed by atoms with Crippen molar-refractivity contribution in [2.24, 2.45) is 0 Å². The molecule has 0 unspecified atom stereocenters. The van der Waals surface area contributed by atoms with E-state index in [0.29, 0.717) is 16.8 Å². The summed E-state index contributed by atoms with van der Waals surface area (Å²) in [5.41, 5.74) is 1.74. The van der Waals surface area contributed by atoms with Gasteiger partial charge in [-0.15, -0.1) is 5.10 Å². The third kappa shape index (κ3) is 3.96. The van der Waals surface area contributed by atoms with E-state index in [9.17, 15) is 9.59 Å². The third-order valence-electron chi connectivity index (χ3n) is 5.52. The third-order valence-corrected chi connectivity index (χ3v) is 5.52. The predicted octanol–water partition coefficient (Wildman–Crippen LogP) is 2.98. The number of amides is 1. The van der Waals surface area contributed by atoms with E-state index in [1.165, 1.54) is 10.2 Å². The molecule has 3 aromatic rings. The topological polar surface area (TPSA) is 68.1 Å². The molecule has 0 aliphatic carbocycles. The van der Waals surface area contributed by atoms with Crippen LogP contribution in [0, 0.1) is 0 Å². The molecular formula is C22H24N4O2. The Morgan fingerprint density at radius 2 is 1.79 bits per heavy atom. The predicted molar refractivity (Wildman–Crippen MR) is 108 cm³/mol. The average molecular weight is 376 g/mol. The Morgan fingerprint density at radius 3 is 2.64 bits per heavy atom. The van der Waals surface area contributed by atoms with Gasteiger partial charge in [0.1, 0.15) is 5.52 Å². The summed E-state index contributed by atoms with van der Waals surface area (Å²) >= 11 is 0. The highest BCUT2D eigenvalue weighted by Crippen LogP contribution is 2.28. The maximum Gasteiger partial charge on any atom is 0.277 e. The molecule has 1 amide bonds. The SMILES string of the molecule is O=C(CCn1nnc2ccccc2c1=O)N1CCC[C@@H](c2ccccc2)CC1. The summed E-state index contributed by atoms with van der Waals surface area (Å²) in [6.45, 7) is 1.80. The lowest BCUT2D eigenvalue weighted by Gasteiger charge is -2.21. The van der Waals surface area contributed by atoms with Crippen molar-refractivity contribution in [1.82, 2.24) is 19.9 Å². The zero-order valence-electron chi connectivity index (χ0n) is 15.8. The van der Waals surface area contributed by atoms with E-state index >= 15 is 0 Å². The van der Waals surface area contributed by atoms with Crippen molar-refractivity contribution in [1.29, 1.82) is 0 Å². The first-order valence-corrected chi connectivity index (χ1v) is 9.87. The van der Waals surface area contributed by atoms with E-state index in [-0.39, 0.29) is 24.4 Å². The monoisotopic (exact) mass is 376 g/mol. The van der Waals surface area contributed by atoms with Crippen molar-refractivity contribution in [3.8, 4) is 0 Å². The van der Waals surface area contributed by atoms with E-state index in [1.807, 2.05) is 17.0 Å². The van der Waals surface area contributed by atoms with Gasteiger partial charge in [0, 0.05) is 19.5 Å². The minimum Gasteiger partial charge on any atom is -0.343 e. The van der Waals surface area contributed by atoms with Crippen LogP contribution in [0.2, 0.25) is 0 Å². The number of aryl methyl sites for hydroxylation is 1. The summed E-state index contributed by atoms with van der Waals surface area (Å²) < 4.78 is 1.30. The van der Waals surface area contributed by atoms with Crippen LogP contribution < -0.4 is 5.56 Å². The molecule has 0 radical (unpaired) electrons. The number of hydrogen-bond donors (Lipinski definition) is 0. The Kier molecular flexibility index (Phi) is 5.46. The van der Waals surface area contributed by atoms with Crippen LogP contribution in [0.15, 0.2) is 59.4 Å². The van der Waals surface area contributed by atoms with Gasteiger partial charge in [-0.2, -0.15) is 0 Å². The molecule has 0 spiro atoms. The molecular weight excluding hydrogens is 352 g/mol. The van der Waals surface area contributed by atoms with Gasteiger partial charge < -0.3 is 4.90 Å². The van der Waals surface area contributed by atoms with Gasteiger partial charge in [0.25, 0.3) is 5.56 Å². The van der Waals surface area contributed by atoms with Crippen LogP contribution in [0.5, 0.6) is 0 Å². The highest BCUT2D eigenvalue weighted by molar-refractivity contribution is 5.77. The molecule has 4 rings (SSSR count). The molecule has 1 aromatic heterocycles. The Morgan fingerprint density at radius 1 is 1.00 bits per heavy atom. The highest BCUT2D eigenvalue weighted by atomic mass is 16.2. The molecule has 1 saturated heterocycles. The summed E-state index contributed by atoms with van der Waals surface area (Å²) in [5, 5.41) is 8.59. The number of benzene rings is 2. The van der Waals surface area contributed by atoms with Crippen molar-refractivity contribution in [2.45, 2.75) is 38.1 Å². The fraction of sp³-hybridized carbons (Fsp3) is 0.364. The van der Waals surface area contributed by atoms with Crippen LogP contribution in [0.3, 0.4) is 0 Å². The first-order chi connectivity index (χ1) is 13.7. The van der Waals surface area contributed by atoms with Gasteiger partial charge in [0.15, 0.2) is 0 Å². The van der Waals surface area contributed by atoms with E-state index in [1.54, 1.807) is 18.2 Å².